The van der Waals surface area contributed by atoms with Gasteiger partial charge in [0.05, 0.1) is 11.3 Å². The summed E-state index contributed by atoms with van der Waals surface area (Å²) in [6.45, 7) is 10.7. The minimum absolute atomic E-state index is 0.113. The Bertz CT molecular complexity index is 1030. The largest absolute Gasteiger partial charge is 0.419 e. The van der Waals surface area contributed by atoms with Crippen molar-refractivity contribution < 1.29 is 13.2 Å². The zero-order valence-corrected chi connectivity index (χ0v) is 22.5. The maximum absolute atomic E-state index is 13.3. The molecule has 1 aliphatic heterocycles. The molecule has 1 aromatic heterocycles. The summed E-state index contributed by atoms with van der Waals surface area (Å²) in [5.41, 5.74) is 2.13. The average molecular weight is 524 g/mol. The Labute approximate surface area is 217 Å². The number of aromatic nitrogens is 2. The molecule has 0 atom stereocenters. The molecule has 2 N–H and O–H groups in total. The zero-order chi connectivity index (χ0) is 26.9. The van der Waals surface area contributed by atoms with Crippen molar-refractivity contribution in [2.75, 3.05) is 25.0 Å². The molecule has 1 aliphatic rings. The maximum atomic E-state index is 13.3. The molecule has 0 bridgehead atoms. The van der Waals surface area contributed by atoms with Gasteiger partial charge in [-0.2, -0.15) is 13.2 Å². The first-order chi connectivity index (χ1) is 17.1. The number of amidine groups is 1. The number of hydrogen-bond acceptors (Lipinski definition) is 4. The minimum atomic E-state index is -4.54. The highest BCUT2D eigenvalue weighted by molar-refractivity contribution is 6.30. The molecule has 0 amide bonds. The van der Waals surface area contributed by atoms with E-state index in [2.05, 4.69) is 5.32 Å². The molecular weight excluding hydrogens is 487 g/mol. The third-order valence-corrected chi connectivity index (χ3v) is 6.14. The summed E-state index contributed by atoms with van der Waals surface area (Å²) in [6, 6.07) is 7.74. The number of fused-ring (bicyclic) bond motifs is 1. The van der Waals surface area contributed by atoms with Crippen LogP contribution in [0, 0.1) is 5.41 Å². The number of rotatable bonds is 6. The summed E-state index contributed by atoms with van der Waals surface area (Å²) in [7, 11) is 0. The lowest BCUT2D eigenvalue weighted by Crippen LogP contribution is -2.39. The highest BCUT2D eigenvalue weighted by Gasteiger charge is 2.38. The molecule has 36 heavy (non-hydrogen) atoms. The van der Waals surface area contributed by atoms with Crippen molar-refractivity contribution in [1.82, 2.24) is 14.9 Å². The molecule has 3 rings (SSSR count). The lowest BCUT2D eigenvalue weighted by atomic mass is 10.0. The normalized spacial score (nSPS) is 14.4. The molecule has 0 spiro atoms. The van der Waals surface area contributed by atoms with Gasteiger partial charge in [0, 0.05) is 42.6 Å². The molecule has 1 aromatic carbocycles. The average Bonchev–Trinajstić information content (AvgIpc) is 2.81. The highest BCUT2D eigenvalue weighted by Crippen LogP contribution is 2.29. The second kappa shape index (κ2) is 13.6. The summed E-state index contributed by atoms with van der Waals surface area (Å²) in [4.78, 5) is 11.0. The van der Waals surface area contributed by atoms with Crippen LogP contribution in [0.15, 0.2) is 35.9 Å². The predicted octanol–water partition coefficient (Wildman–Crippen LogP) is 7.21. The van der Waals surface area contributed by atoms with E-state index < -0.39 is 17.6 Å². The van der Waals surface area contributed by atoms with Crippen LogP contribution in [0.1, 0.15) is 69.6 Å². The molecule has 0 aliphatic carbocycles. The van der Waals surface area contributed by atoms with Gasteiger partial charge in [0.2, 0.25) is 0 Å². The Hall–Kier alpha value is -2.61. The third-order valence-electron chi connectivity index (χ3n) is 5.88. The zero-order valence-electron chi connectivity index (χ0n) is 21.8. The first-order valence-electron chi connectivity index (χ1n) is 12.6. The van der Waals surface area contributed by atoms with Gasteiger partial charge >= 0.3 is 6.18 Å². The lowest BCUT2D eigenvalue weighted by molar-refractivity contribution is -0.0872. The maximum Gasteiger partial charge on any atom is 0.419 e. The van der Waals surface area contributed by atoms with E-state index in [4.69, 9.17) is 27.0 Å². The number of allylic oxidation sites excluding steroid dienone is 1. The number of benzene rings is 1. The number of nitrogens with one attached hydrogen (secondary N) is 2. The molecule has 0 saturated carbocycles. The lowest BCUT2D eigenvalue weighted by Gasteiger charge is -2.30. The summed E-state index contributed by atoms with van der Waals surface area (Å²) in [6.07, 6.45) is -1.06. The molecule has 2 aromatic rings. The van der Waals surface area contributed by atoms with E-state index in [1.807, 2.05) is 52.0 Å². The number of nitrogens with zero attached hydrogens (tertiary/aromatic N) is 3. The predicted molar refractivity (Wildman–Crippen MR) is 142 cm³/mol. The van der Waals surface area contributed by atoms with Gasteiger partial charge in [0.1, 0.15) is 17.5 Å². The highest BCUT2D eigenvalue weighted by atomic mass is 35.5. The van der Waals surface area contributed by atoms with E-state index in [1.54, 1.807) is 0 Å². The van der Waals surface area contributed by atoms with Crippen LogP contribution >= 0.6 is 11.6 Å². The Morgan fingerprint density at radius 3 is 2.39 bits per heavy atom. The Morgan fingerprint density at radius 2 is 1.81 bits per heavy atom. The topological polar surface area (TPSA) is 64.9 Å². The Balaban J connectivity index is 0.00000222. The molecule has 0 saturated heterocycles. The fraction of sp³-hybridized carbons (Fsp3) is 0.519. The molecule has 5 nitrogen and oxygen atoms in total. The second-order valence-corrected chi connectivity index (χ2v) is 9.14. The van der Waals surface area contributed by atoms with Crippen LogP contribution in [0.2, 0.25) is 5.02 Å². The van der Waals surface area contributed by atoms with Crippen LogP contribution in [-0.4, -0.2) is 46.5 Å². The first kappa shape index (κ1) is 29.6. The molecular formula is C27H37ClF3N5. The van der Waals surface area contributed by atoms with Gasteiger partial charge in [-0.05, 0) is 43.9 Å². The molecule has 9 heteroatoms. The SMILES string of the molecule is C/C=C(\C(=N)N1CCCc2c(nc(C(C)C)nc2NCCc2ccc(Cl)cc2)CC1)C(F)(F)F.CC. The van der Waals surface area contributed by atoms with Gasteiger partial charge in [-0.25, -0.2) is 9.97 Å². The van der Waals surface area contributed by atoms with Crippen molar-refractivity contribution in [3.63, 3.8) is 0 Å². The van der Waals surface area contributed by atoms with Crippen molar-refractivity contribution in [2.24, 2.45) is 0 Å². The number of anilines is 1. The summed E-state index contributed by atoms with van der Waals surface area (Å²) >= 11 is 5.97. The fourth-order valence-electron chi connectivity index (χ4n) is 4.03. The van der Waals surface area contributed by atoms with Crippen LogP contribution in [0.3, 0.4) is 0 Å². The van der Waals surface area contributed by atoms with Crippen LogP contribution in [0.4, 0.5) is 19.0 Å². The van der Waals surface area contributed by atoms with Gasteiger partial charge in [0.25, 0.3) is 0 Å². The standard InChI is InChI=1S/C25H31ClF3N5.C2H6/c1-4-20(25(27,28)29)22(30)34-14-5-6-19-21(12-15-34)32-23(16(2)3)33-24(19)31-13-11-17-7-9-18(26)10-8-17;1-2/h4,7-10,16,30H,5-6,11-15H2,1-3H3,(H,31,32,33);1-2H3/b20-4+,30-22?;. The van der Waals surface area contributed by atoms with E-state index in [1.165, 1.54) is 11.8 Å². The number of alkyl halides is 3. The van der Waals surface area contributed by atoms with Gasteiger partial charge < -0.3 is 10.2 Å². The van der Waals surface area contributed by atoms with E-state index in [0.717, 1.165) is 35.1 Å². The smallest absolute Gasteiger partial charge is 0.369 e. The van der Waals surface area contributed by atoms with Gasteiger partial charge in [0.15, 0.2) is 0 Å². The van der Waals surface area contributed by atoms with Crippen LogP contribution in [0.25, 0.3) is 0 Å². The molecule has 0 unspecified atom stereocenters. The molecule has 198 valence electrons. The van der Waals surface area contributed by atoms with Crippen molar-refractivity contribution in [2.45, 2.75) is 72.4 Å². The third kappa shape index (κ3) is 7.95. The van der Waals surface area contributed by atoms with E-state index in [0.29, 0.717) is 49.7 Å². The minimum Gasteiger partial charge on any atom is -0.369 e. The summed E-state index contributed by atoms with van der Waals surface area (Å²) in [5.74, 6) is 1.15. The van der Waals surface area contributed by atoms with Crippen molar-refractivity contribution in [3.05, 3.63) is 63.6 Å². The van der Waals surface area contributed by atoms with Crippen molar-refractivity contribution in [3.8, 4) is 0 Å². The monoisotopic (exact) mass is 523 g/mol. The number of hydrogen-bond donors (Lipinski definition) is 2. The number of halogens is 4. The van der Waals surface area contributed by atoms with E-state index >= 15 is 0 Å². The van der Waals surface area contributed by atoms with Gasteiger partial charge in [-0.1, -0.05) is 57.5 Å². The Kier molecular flexibility index (Phi) is 11.2. The van der Waals surface area contributed by atoms with Crippen molar-refractivity contribution in [1.29, 1.82) is 5.41 Å². The quantitative estimate of drug-likeness (QED) is 0.310. The molecule has 0 fully saturated rings. The molecule has 2 heterocycles. The second-order valence-electron chi connectivity index (χ2n) is 8.70. The van der Waals surface area contributed by atoms with E-state index in [9.17, 15) is 13.2 Å². The van der Waals surface area contributed by atoms with Crippen LogP contribution < -0.4 is 5.32 Å². The first-order valence-corrected chi connectivity index (χ1v) is 12.9. The van der Waals surface area contributed by atoms with Crippen molar-refractivity contribution >= 4 is 23.3 Å². The summed E-state index contributed by atoms with van der Waals surface area (Å²) in [5, 5.41) is 12.3. The van der Waals surface area contributed by atoms with Crippen LogP contribution in [0.5, 0.6) is 0 Å². The van der Waals surface area contributed by atoms with Gasteiger partial charge in [-0.15, -0.1) is 0 Å². The Morgan fingerprint density at radius 1 is 1.14 bits per heavy atom. The fourth-order valence-corrected chi connectivity index (χ4v) is 4.15. The molecule has 0 radical (unpaired) electrons. The summed E-state index contributed by atoms with van der Waals surface area (Å²) < 4.78 is 40.0. The van der Waals surface area contributed by atoms with Gasteiger partial charge in [-0.3, -0.25) is 5.41 Å². The van der Waals surface area contributed by atoms with Crippen LogP contribution in [-0.2, 0) is 19.3 Å². The van der Waals surface area contributed by atoms with E-state index in [-0.39, 0.29) is 5.92 Å².